The van der Waals surface area contributed by atoms with Crippen molar-refractivity contribution in [3.8, 4) is 5.75 Å². The van der Waals surface area contributed by atoms with E-state index in [0.717, 1.165) is 15.6 Å². The molecule has 1 aromatic heterocycles. The number of benzene rings is 1. The Bertz CT molecular complexity index is 1020. The van der Waals surface area contributed by atoms with Gasteiger partial charge in [-0.1, -0.05) is 0 Å². The second-order valence-electron chi connectivity index (χ2n) is 6.05. The molecule has 10 nitrogen and oxygen atoms in total. The lowest BCUT2D eigenvalue weighted by molar-refractivity contribution is -0.119. The number of nitrogens with one attached hydrogen (secondary N) is 2. The molecule has 1 aliphatic rings. The minimum Gasteiger partial charge on any atom is -0.484 e. The van der Waals surface area contributed by atoms with E-state index in [-0.39, 0.29) is 40.3 Å². The van der Waals surface area contributed by atoms with Crippen molar-refractivity contribution in [2.24, 2.45) is 0 Å². The number of carbonyl (C=O) groups is 2. The number of carbonyl (C=O) groups excluding carboxylic acids is 1. The number of nitrogens with zero attached hydrogens (tertiary/aromatic N) is 2. The molecule has 0 spiro atoms. The van der Waals surface area contributed by atoms with Gasteiger partial charge in [0.25, 0.3) is 10.0 Å². The number of anilines is 2. The van der Waals surface area contributed by atoms with Crippen LogP contribution in [0.5, 0.6) is 5.75 Å². The quantitative estimate of drug-likeness (QED) is 0.661. The third-order valence-corrected chi connectivity index (χ3v) is 7.28. The van der Waals surface area contributed by atoms with E-state index in [2.05, 4.69) is 15.6 Å². The molecule has 1 aliphatic heterocycles. The average Bonchev–Trinajstić information content (AvgIpc) is 3.05. The van der Waals surface area contributed by atoms with Gasteiger partial charge in [0.1, 0.15) is 11.9 Å². The number of fused-ring (bicyclic) bond motifs is 1. The number of hydrogen-bond acceptors (Lipinski definition) is 7. The smallest absolute Gasteiger partial charge is 0.409 e. The van der Waals surface area contributed by atoms with Crippen LogP contribution in [0.2, 0.25) is 0 Å². The van der Waals surface area contributed by atoms with Crippen LogP contribution in [0.15, 0.2) is 27.9 Å². The molecular formula is C16H18N4O6S2. The molecule has 1 atom stereocenters. The highest BCUT2D eigenvalue weighted by molar-refractivity contribution is 7.94. The number of amides is 2. The molecule has 1 aromatic carbocycles. The van der Waals surface area contributed by atoms with Crippen LogP contribution >= 0.6 is 11.3 Å². The van der Waals surface area contributed by atoms with E-state index in [9.17, 15) is 18.0 Å². The highest BCUT2D eigenvalue weighted by Crippen LogP contribution is 2.39. The molecule has 0 radical (unpaired) electrons. The molecule has 2 aromatic rings. The van der Waals surface area contributed by atoms with E-state index in [1.807, 2.05) is 0 Å². The summed E-state index contributed by atoms with van der Waals surface area (Å²) in [6.07, 6.45) is -1.88. The van der Waals surface area contributed by atoms with Crippen molar-refractivity contribution in [3.63, 3.8) is 0 Å². The van der Waals surface area contributed by atoms with Crippen LogP contribution in [0.25, 0.3) is 0 Å². The Labute approximate surface area is 165 Å². The fourth-order valence-electron chi connectivity index (χ4n) is 2.74. The maximum atomic E-state index is 13.3. The predicted molar refractivity (Wildman–Crippen MR) is 103 cm³/mol. The van der Waals surface area contributed by atoms with Crippen molar-refractivity contribution in [2.45, 2.75) is 24.2 Å². The summed E-state index contributed by atoms with van der Waals surface area (Å²) in [6.45, 7) is 3.03. The van der Waals surface area contributed by atoms with E-state index in [4.69, 9.17) is 9.84 Å². The summed E-state index contributed by atoms with van der Waals surface area (Å²) in [7, 11) is -3.96. The first-order valence-corrected chi connectivity index (χ1v) is 10.5. The Balaban J connectivity index is 2.04. The van der Waals surface area contributed by atoms with Crippen molar-refractivity contribution in [3.05, 3.63) is 29.4 Å². The van der Waals surface area contributed by atoms with Gasteiger partial charge in [-0.05, 0) is 25.1 Å². The van der Waals surface area contributed by atoms with Crippen molar-refractivity contribution in [2.75, 3.05) is 22.7 Å². The molecule has 3 rings (SSSR count). The standard InChI is InChI=1S/C16H18N4O6S2/c1-9-15(27-8-18-9)28(24,25)20-7-12(6-17-10(2)21)26-14-4-3-11(5-13(14)20)19-16(22)23/h3-5,8,12,19H,6-7H2,1-2H3,(H,17,21)(H,22,23)/t12-/m0/s1. The minimum absolute atomic E-state index is 0.0521. The maximum Gasteiger partial charge on any atom is 0.409 e. The van der Waals surface area contributed by atoms with Gasteiger partial charge in [-0.25, -0.2) is 18.2 Å². The molecule has 2 amide bonds. The number of aryl methyl sites for hydroxylation is 1. The molecule has 0 unspecified atom stereocenters. The lowest BCUT2D eigenvalue weighted by atomic mass is 10.2. The number of hydrogen-bond donors (Lipinski definition) is 3. The van der Waals surface area contributed by atoms with E-state index in [0.29, 0.717) is 5.69 Å². The van der Waals surface area contributed by atoms with E-state index < -0.39 is 22.2 Å². The molecule has 0 aliphatic carbocycles. The normalized spacial score (nSPS) is 16.1. The number of aromatic nitrogens is 1. The van der Waals surface area contributed by atoms with Crippen LogP contribution < -0.4 is 19.7 Å². The zero-order valence-electron chi connectivity index (χ0n) is 15.0. The first kappa shape index (κ1) is 19.9. The second kappa shape index (κ2) is 7.64. The fraction of sp³-hybridized carbons (Fsp3) is 0.312. The van der Waals surface area contributed by atoms with Crippen LogP contribution in [0.1, 0.15) is 12.6 Å². The summed E-state index contributed by atoms with van der Waals surface area (Å²) in [5.41, 5.74) is 2.23. The molecule has 0 saturated carbocycles. The van der Waals surface area contributed by atoms with E-state index in [1.165, 1.54) is 30.6 Å². The molecule has 2 heterocycles. The third-order valence-electron chi connectivity index (χ3n) is 3.95. The largest absolute Gasteiger partial charge is 0.484 e. The van der Waals surface area contributed by atoms with Crippen molar-refractivity contribution < 1.29 is 27.9 Å². The monoisotopic (exact) mass is 426 g/mol. The minimum atomic E-state index is -3.96. The third kappa shape index (κ3) is 4.02. The summed E-state index contributed by atoms with van der Waals surface area (Å²) >= 11 is 0.998. The lowest BCUT2D eigenvalue weighted by Gasteiger charge is -2.35. The molecule has 150 valence electrons. The van der Waals surface area contributed by atoms with Crippen LogP contribution in [0, 0.1) is 6.92 Å². The van der Waals surface area contributed by atoms with Gasteiger partial charge in [-0.2, -0.15) is 0 Å². The second-order valence-corrected chi connectivity index (χ2v) is 8.96. The first-order chi connectivity index (χ1) is 13.2. The first-order valence-electron chi connectivity index (χ1n) is 8.16. The van der Waals surface area contributed by atoms with Crippen molar-refractivity contribution >= 4 is 44.7 Å². The number of rotatable bonds is 5. The molecule has 28 heavy (non-hydrogen) atoms. The summed E-state index contributed by atoms with van der Waals surface area (Å²) in [5.74, 6) is 0.00592. The van der Waals surface area contributed by atoms with Gasteiger partial charge in [0, 0.05) is 12.6 Å². The van der Waals surface area contributed by atoms with Crippen LogP contribution in [-0.2, 0) is 14.8 Å². The van der Waals surface area contributed by atoms with Gasteiger partial charge < -0.3 is 15.2 Å². The average molecular weight is 426 g/mol. The number of carboxylic acid groups (broad SMARTS) is 1. The van der Waals surface area contributed by atoms with Gasteiger partial charge in [0.2, 0.25) is 5.91 Å². The lowest BCUT2D eigenvalue weighted by Crippen LogP contribution is -2.48. The van der Waals surface area contributed by atoms with Crippen LogP contribution in [0.4, 0.5) is 16.2 Å². The Morgan fingerprint density at radius 3 is 2.79 bits per heavy atom. The van der Waals surface area contributed by atoms with E-state index >= 15 is 0 Å². The SMILES string of the molecule is CC(=O)NC[C@H]1CN(S(=O)(=O)c2scnc2C)c2cc(NC(=O)O)ccc2O1. The molecule has 12 heteroatoms. The molecule has 0 bridgehead atoms. The van der Waals surface area contributed by atoms with Crippen LogP contribution in [-0.4, -0.2) is 49.7 Å². The topological polar surface area (TPSA) is 138 Å². The Morgan fingerprint density at radius 2 is 2.18 bits per heavy atom. The molecule has 0 fully saturated rings. The van der Waals surface area contributed by atoms with Crippen molar-refractivity contribution in [1.82, 2.24) is 10.3 Å². The van der Waals surface area contributed by atoms with Crippen LogP contribution in [0.3, 0.4) is 0 Å². The maximum absolute atomic E-state index is 13.3. The Kier molecular flexibility index (Phi) is 5.42. The number of thiazole rings is 1. The van der Waals surface area contributed by atoms with E-state index in [1.54, 1.807) is 6.92 Å². The van der Waals surface area contributed by atoms with Gasteiger partial charge in [-0.15, -0.1) is 11.3 Å². The fourth-order valence-corrected chi connectivity index (χ4v) is 5.55. The Morgan fingerprint density at radius 1 is 1.43 bits per heavy atom. The summed E-state index contributed by atoms with van der Waals surface area (Å²) in [6, 6.07) is 4.35. The molecular weight excluding hydrogens is 408 g/mol. The summed E-state index contributed by atoms with van der Waals surface area (Å²) < 4.78 is 33.6. The summed E-state index contributed by atoms with van der Waals surface area (Å²) in [5, 5.41) is 13.7. The van der Waals surface area contributed by atoms with Gasteiger partial charge in [0.05, 0.1) is 30.0 Å². The highest BCUT2D eigenvalue weighted by Gasteiger charge is 2.36. The predicted octanol–water partition coefficient (Wildman–Crippen LogP) is 1.63. The van der Waals surface area contributed by atoms with Gasteiger partial charge in [0.15, 0.2) is 4.21 Å². The van der Waals surface area contributed by atoms with Crippen molar-refractivity contribution in [1.29, 1.82) is 0 Å². The van der Waals surface area contributed by atoms with Gasteiger partial charge >= 0.3 is 6.09 Å². The number of ether oxygens (including phenoxy) is 1. The number of sulfonamides is 1. The Hall–Kier alpha value is -2.86. The zero-order chi connectivity index (χ0) is 20.5. The zero-order valence-corrected chi connectivity index (χ0v) is 16.6. The molecule has 0 saturated heterocycles. The molecule has 3 N–H and O–H groups in total. The van der Waals surface area contributed by atoms with Gasteiger partial charge in [-0.3, -0.25) is 14.4 Å². The summed E-state index contributed by atoms with van der Waals surface area (Å²) in [4.78, 5) is 26.2. The highest BCUT2D eigenvalue weighted by atomic mass is 32.2.